The molecule has 2 aromatic rings. The third kappa shape index (κ3) is 2.67. The van der Waals surface area contributed by atoms with Crippen molar-refractivity contribution in [2.45, 2.75) is 13.0 Å². The van der Waals surface area contributed by atoms with E-state index in [1.165, 1.54) is 5.56 Å². The molecule has 1 atom stereocenters. The van der Waals surface area contributed by atoms with Gasteiger partial charge in [-0.15, -0.1) is 0 Å². The van der Waals surface area contributed by atoms with E-state index in [0.717, 1.165) is 16.1 Å². The van der Waals surface area contributed by atoms with Gasteiger partial charge >= 0.3 is 0 Å². The molecule has 88 valence electrons. The Morgan fingerprint density at radius 1 is 1.12 bits per heavy atom. The number of hydrogen-bond acceptors (Lipinski definition) is 2. The zero-order valence-corrected chi connectivity index (χ0v) is 10.4. The van der Waals surface area contributed by atoms with Crippen molar-refractivity contribution in [3.8, 4) is 0 Å². The predicted molar refractivity (Wildman–Crippen MR) is 71.8 cm³/mol. The minimum absolute atomic E-state index is 0.0800. The van der Waals surface area contributed by atoms with E-state index in [1.54, 1.807) is 0 Å². The molecule has 3 N–H and O–H groups in total. The van der Waals surface area contributed by atoms with Crippen LogP contribution in [0.1, 0.15) is 22.7 Å². The highest BCUT2D eigenvalue weighted by Crippen LogP contribution is 2.27. The molecule has 0 heterocycles. The summed E-state index contributed by atoms with van der Waals surface area (Å²) >= 11 is 6.19. The summed E-state index contributed by atoms with van der Waals surface area (Å²) in [6.45, 7) is 2.06. The number of nitrogens with two attached hydrogens (primary N) is 1. The van der Waals surface area contributed by atoms with Crippen LogP contribution >= 0.6 is 11.6 Å². The van der Waals surface area contributed by atoms with Gasteiger partial charge in [-0.3, -0.25) is 5.84 Å². The average Bonchev–Trinajstić information content (AvgIpc) is 2.33. The molecule has 2 aromatic carbocycles. The molecule has 0 spiro atoms. The second kappa shape index (κ2) is 5.32. The Bertz CT molecular complexity index is 511. The molecular weight excluding hydrogens is 232 g/mol. The van der Waals surface area contributed by atoms with Crippen LogP contribution < -0.4 is 11.3 Å². The van der Waals surface area contributed by atoms with Crippen molar-refractivity contribution < 1.29 is 0 Å². The van der Waals surface area contributed by atoms with Crippen LogP contribution in [0.4, 0.5) is 0 Å². The van der Waals surface area contributed by atoms with Crippen molar-refractivity contribution in [3.05, 3.63) is 70.2 Å². The molecule has 17 heavy (non-hydrogen) atoms. The molecule has 1 unspecified atom stereocenters. The Kier molecular flexibility index (Phi) is 3.79. The van der Waals surface area contributed by atoms with E-state index in [4.69, 9.17) is 17.4 Å². The van der Waals surface area contributed by atoms with Gasteiger partial charge in [0.15, 0.2) is 0 Å². The highest BCUT2D eigenvalue weighted by atomic mass is 35.5. The van der Waals surface area contributed by atoms with Gasteiger partial charge in [0.25, 0.3) is 0 Å². The second-order valence-corrected chi connectivity index (χ2v) is 4.44. The molecule has 2 rings (SSSR count). The molecule has 0 fully saturated rings. The SMILES string of the molecule is Cc1cccc(C(NN)c2ccccc2Cl)c1. The summed E-state index contributed by atoms with van der Waals surface area (Å²) in [5.41, 5.74) is 6.12. The molecule has 0 aromatic heterocycles. The maximum atomic E-state index is 6.19. The van der Waals surface area contributed by atoms with E-state index in [9.17, 15) is 0 Å². The minimum Gasteiger partial charge on any atom is -0.271 e. The van der Waals surface area contributed by atoms with Gasteiger partial charge in [0.1, 0.15) is 0 Å². The first-order chi connectivity index (χ1) is 8.22. The number of nitrogens with one attached hydrogen (secondary N) is 1. The Balaban J connectivity index is 2.44. The van der Waals surface area contributed by atoms with E-state index in [0.29, 0.717) is 0 Å². The van der Waals surface area contributed by atoms with Crippen molar-refractivity contribution in [3.63, 3.8) is 0 Å². The number of rotatable bonds is 3. The van der Waals surface area contributed by atoms with Crippen LogP contribution in [-0.2, 0) is 0 Å². The summed E-state index contributed by atoms with van der Waals surface area (Å²) in [5, 5.41) is 0.719. The highest BCUT2D eigenvalue weighted by molar-refractivity contribution is 6.31. The van der Waals surface area contributed by atoms with Gasteiger partial charge in [0, 0.05) is 5.02 Å². The van der Waals surface area contributed by atoms with Gasteiger partial charge in [-0.2, -0.15) is 0 Å². The number of hydrogen-bond donors (Lipinski definition) is 2. The lowest BCUT2D eigenvalue weighted by Gasteiger charge is -2.18. The fraction of sp³-hybridized carbons (Fsp3) is 0.143. The molecule has 0 amide bonds. The fourth-order valence-electron chi connectivity index (χ4n) is 1.92. The van der Waals surface area contributed by atoms with Gasteiger partial charge in [-0.05, 0) is 24.1 Å². The molecular formula is C14H15ClN2. The molecule has 3 heteroatoms. The monoisotopic (exact) mass is 246 g/mol. The van der Waals surface area contributed by atoms with Crippen LogP contribution in [0.2, 0.25) is 5.02 Å². The molecule has 0 bridgehead atoms. The lowest BCUT2D eigenvalue weighted by atomic mass is 9.98. The third-order valence-electron chi connectivity index (χ3n) is 2.76. The van der Waals surface area contributed by atoms with Crippen molar-refractivity contribution in [2.24, 2.45) is 5.84 Å². The molecule has 0 aliphatic heterocycles. The maximum Gasteiger partial charge on any atom is 0.0724 e. The van der Waals surface area contributed by atoms with Crippen LogP contribution in [0.25, 0.3) is 0 Å². The van der Waals surface area contributed by atoms with E-state index in [2.05, 4.69) is 24.5 Å². The largest absolute Gasteiger partial charge is 0.271 e. The van der Waals surface area contributed by atoms with Crippen LogP contribution in [0.3, 0.4) is 0 Å². The quantitative estimate of drug-likeness (QED) is 0.645. The van der Waals surface area contributed by atoms with Crippen molar-refractivity contribution in [2.75, 3.05) is 0 Å². The predicted octanol–water partition coefficient (Wildman–Crippen LogP) is 3.20. The normalized spacial score (nSPS) is 12.4. The maximum absolute atomic E-state index is 6.19. The molecule has 0 saturated heterocycles. The first-order valence-corrected chi connectivity index (χ1v) is 5.87. The average molecular weight is 247 g/mol. The number of aryl methyl sites for hydroxylation is 1. The first kappa shape index (κ1) is 12.1. The van der Waals surface area contributed by atoms with Crippen LogP contribution in [0, 0.1) is 6.92 Å². The Morgan fingerprint density at radius 3 is 2.53 bits per heavy atom. The van der Waals surface area contributed by atoms with Crippen LogP contribution in [0.5, 0.6) is 0 Å². The molecule has 0 saturated carbocycles. The summed E-state index contributed by atoms with van der Waals surface area (Å²) in [7, 11) is 0. The Morgan fingerprint density at radius 2 is 1.88 bits per heavy atom. The molecule has 0 radical (unpaired) electrons. The number of benzene rings is 2. The lowest BCUT2D eigenvalue weighted by molar-refractivity contribution is 0.637. The fourth-order valence-corrected chi connectivity index (χ4v) is 2.17. The first-order valence-electron chi connectivity index (χ1n) is 5.49. The lowest BCUT2D eigenvalue weighted by Crippen LogP contribution is -2.29. The summed E-state index contributed by atoms with van der Waals surface area (Å²) in [4.78, 5) is 0. The Labute approximate surface area is 106 Å². The summed E-state index contributed by atoms with van der Waals surface area (Å²) in [5.74, 6) is 5.65. The van der Waals surface area contributed by atoms with E-state index in [-0.39, 0.29) is 6.04 Å². The van der Waals surface area contributed by atoms with Gasteiger partial charge in [0.2, 0.25) is 0 Å². The summed E-state index contributed by atoms with van der Waals surface area (Å²) < 4.78 is 0. The van der Waals surface area contributed by atoms with Crippen molar-refractivity contribution in [1.82, 2.24) is 5.43 Å². The highest BCUT2D eigenvalue weighted by Gasteiger charge is 2.14. The van der Waals surface area contributed by atoms with Crippen LogP contribution in [-0.4, -0.2) is 0 Å². The standard InChI is InChI=1S/C14H15ClN2/c1-10-5-4-6-11(9-10)14(17-16)12-7-2-3-8-13(12)15/h2-9,14,17H,16H2,1H3. The topological polar surface area (TPSA) is 38.0 Å². The molecule has 0 aliphatic carbocycles. The van der Waals surface area contributed by atoms with Gasteiger partial charge in [0.05, 0.1) is 6.04 Å². The van der Waals surface area contributed by atoms with Gasteiger partial charge < -0.3 is 0 Å². The van der Waals surface area contributed by atoms with E-state index < -0.39 is 0 Å². The Hall–Kier alpha value is -1.35. The zero-order valence-electron chi connectivity index (χ0n) is 9.65. The third-order valence-corrected chi connectivity index (χ3v) is 3.10. The van der Waals surface area contributed by atoms with E-state index >= 15 is 0 Å². The molecule has 2 nitrogen and oxygen atoms in total. The summed E-state index contributed by atoms with van der Waals surface area (Å²) in [6.07, 6.45) is 0. The number of halogens is 1. The van der Waals surface area contributed by atoms with Crippen molar-refractivity contribution in [1.29, 1.82) is 0 Å². The van der Waals surface area contributed by atoms with Crippen molar-refractivity contribution >= 4 is 11.6 Å². The molecule has 0 aliphatic rings. The van der Waals surface area contributed by atoms with Gasteiger partial charge in [-0.1, -0.05) is 59.6 Å². The van der Waals surface area contributed by atoms with E-state index in [1.807, 2.05) is 36.4 Å². The van der Waals surface area contributed by atoms with Gasteiger partial charge in [-0.25, -0.2) is 5.43 Å². The van der Waals surface area contributed by atoms with Crippen LogP contribution in [0.15, 0.2) is 48.5 Å². The summed E-state index contributed by atoms with van der Waals surface area (Å²) in [6, 6.07) is 15.9. The zero-order chi connectivity index (χ0) is 12.3. The second-order valence-electron chi connectivity index (χ2n) is 4.04. The smallest absolute Gasteiger partial charge is 0.0724 e. The number of hydrazine groups is 1. The minimum atomic E-state index is -0.0800.